The Morgan fingerprint density at radius 2 is 2.12 bits per heavy atom. The molecular formula is C15H22N2. The van der Waals surface area contributed by atoms with Crippen molar-refractivity contribution in [3.05, 3.63) is 42.0 Å². The molecule has 0 saturated carbocycles. The summed E-state index contributed by atoms with van der Waals surface area (Å²) in [6.07, 6.45) is 7.05. The summed E-state index contributed by atoms with van der Waals surface area (Å²) in [4.78, 5) is 2.50. The molecule has 0 spiro atoms. The smallest absolute Gasteiger partial charge is 0.0166 e. The Bertz CT molecular complexity index is 345. The van der Waals surface area contributed by atoms with Crippen LogP contribution in [0.3, 0.4) is 0 Å². The summed E-state index contributed by atoms with van der Waals surface area (Å²) < 4.78 is 0. The number of nitrogens with two attached hydrogens (primary N) is 1. The van der Waals surface area contributed by atoms with E-state index in [1.165, 1.54) is 24.9 Å². The fraction of sp³-hybridized carbons (Fsp3) is 0.467. The number of hydrogen-bond acceptors (Lipinski definition) is 2. The number of benzene rings is 1. The fourth-order valence-electron chi connectivity index (χ4n) is 2.41. The van der Waals surface area contributed by atoms with Crippen molar-refractivity contribution in [1.29, 1.82) is 0 Å². The van der Waals surface area contributed by atoms with Gasteiger partial charge in [0.15, 0.2) is 0 Å². The molecule has 2 nitrogen and oxygen atoms in total. The lowest BCUT2D eigenvalue weighted by Crippen LogP contribution is -2.38. The molecule has 0 aromatic heterocycles. The van der Waals surface area contributed by atoms with Gasteiger partial charge in [-0.1, -0.05) is 42.5 Å². The van der Waals surface area contributed by atoms with E-state index in [4.69, 9.17) is 5.73 Å². The second kappa shape index (κ2) is 6.58. The first-order valence-electron chi connectivity index (χ1n) is 6.52. The lowest BCUT2D eigenvalue weighted by atomic mass is 9.98. The molecule has 1 saturated heterocycles. The molecule has 1 unspecified atom stereocenters. The number of piperidine rings is 1. The first-order chi connectivity index (χ1) is 8.38. The first kappa shape index (κ1) is 12.3. The maximum absolute atomic E-state index is 5.74. The van der Waals surface area contributed by atoms with Gasteiger partial charge in [-0.2, -0.15) is 0 Å². The van der Waals surface area contributed by atoms with Crippen molar-refractivity contribution >= 4 is 6.08 Å². The van der Waals surface area contributed by atoms with Crippen molar-refractivity contribution in [3.63, 3.8) is 0 Å². The van der Waals surface area contributed by atoms with Crippen molar-refractivity contribution < 1.29 is 0 Å². The molecule has 2 N–H and O–H groups in total. The Kier molecular flexibility index (Phi) is 4.77. The molecule has 1 heterocycles. The summed E-state index contributed by atoms with van der Waals surface area (Å²) in [5.41, 5.74) is 7.02. The predicted octanol–water partition coefficient (Wildman–Crippen LogP) is 2.37. The zero-order valence-electron chi connectivity index (χ0n) is 10.4. The van der Waals surface area contributed by atoms with Gasteiger partial charge in [0.2, 0.25) is 0 Å². The third-order valence-electron chi connectivity index (χ3n) is 3.41. The monoisotopic (exact) mass is 230 g/mol. The molecule has 1 atom stereocenters. The largest absolute Gasteiger partial charge is 0.330 e. The molecule has 0 aliphatic carbocycles. The summed E-state index contributed by atoms with van der Waals surface area (Å²) in [6.45, 7) is 4.26. The van der Waals surface area contributed by atoms with E-state index in [1.54, 1.807) is 0 Å². The van der Waals surface area contributed by atoms with E-state index in [0.29, 0.717) is 5.92 Å². The molecule has 0 radical (unpaired) electrons. The van der Waals surface area contributed by atoms with Crippen LogP contribution in [0.1, 0.15) is 18.4 Å². The van der Waals surface area contributed by atoms with Crippen LogP contribution >= 0.6 is 0 Å². The maximum atomic E-state index is 5.74. The van der Waals surface area contributed by atoms with Crippen molar-refractivity contribution in [2.24, 2.45) is 11.7 Å². The Balaban J connectivity index is 1.80. The van der Waals surface area contributed by atoms with Crippen molar-refractivity contribution in [1.82, 2.24) is 4.90 Å². The summed E-state index contributed by atoms with van der Waals surface area (Å²) in [5, 5.41) is 0. The van der Waals surface area contributed by atoms with Crippen molar-refractivity contribution in [3.8, 4) is 0 Å². The third-order valence-corrected chi connectivity index (χ3v) is 3.41. The first-order valence-corrected chi connectivity index (χ1v) is 6.52. The molecule has 1 aromatic rings. The van der Waals surface area contributed by atoms with Gasteiger partial charge in [0, 0.05) is 13.1 Å². The van der Waals surface area contributed by atoms with Crippen LogP contribution in [0, 0.1) is 5.92 Å². The van der Waals surface area contributed by atoms with Crippen LogP contribution in [-0.4, -0.2) is 31.1 Å². The molecule has 2 heteroatoms. The molecule has 17 heavy (non-hydrogen) atoms. The minimum Gasteiger partial charge on any atom is -0.330 e. The highest BCUT2D eigenvalue weighted by molar-refractivity contribution is 5.48. The second-order valence-electron chi connectivity index (χ2n) is 4.82. The van der Waals surface area contributed by atoms with Gasteiger partial charge >= 0.3 is 0 Å². The molecule has 92 valence electrons. The average Bonchev–Trinajstić information content (AvgIpc) is 2.40. The van der Waals surface area contributed by atoms with E-state index in [0.717, 1.165) is 19.6 Å². The average molecular weight is 230 g/mol. The van der Waals surface area contributed by atoms with E-state index >= 15 is 0 Å². The van der Waals surface area contributed by atoms with E-state index in [-0.39, 0.29) is 0 Å². The lowest BCUT2D eigenvalue weighted by molar-refractivity contribution is 0.195. The maximum Gasteiger partial charge on any atom is 0.0166 e. The summed E-state index contributed by atoms with van der Waals surface area (Å²) in [5.74, 6) is 0.703. The summed E-state index contributed by atoms with van der Waals surface area (Å²) in [6, 6.07) is 10.5. The van der Waals surface area contributed by atoms with E-state index in [9.17, 15) is 0 Å². The van der Waals surface area contributed by atoms with E-state index < -0.39 is 0 Å². The Hall–Kier alpha value is -1.12. The van der Waals surface area contributed by atoms with Gasteiger partial charge in [0.05, 0.1) is 0 Å². The SMILES string of the molecule is NCC1CCCN(CC=Cc2ccccc2)C1. The summed E-state index contributed by atoms with van der Waals surface area (Å²) in [7, 11) is 0. The zero-order valence-corrected chi connectivity index (χ0v) is 10.4. The van der Waals surface area contributed by atoms with Crippen LogP contribution in [0.2, 0.25) is 0 Å². The number of hydrogen-bond donors (Lipinski definition) is 1. The van der Waals surface area contributed by atoms with Crippen LogP contribution in [0.25, 0.3) is 6.08 Å². The highest BCUT2D eigenvalue weighted by Crippen LogP contribution is 2.15. The van der Waals surface area contributed by atoms with Crippen molar-refractivity contribution in [2.75, 3.05) is 26.2 Å². The zero-order chi connectivity index (χ0) is 11.9. The van der Waals surface area contributed by atoms with Gasteiger partial charge < -0.3 is 5.73 Å². The predicted molar refractivity (Wildman–Crippen MR) is 73.7 cm³/mol. The normalized spacial score (nSPS) is 22.1. The van der Waals surface area contributed by atoms with Crippen LogP contribution in [0.15, 0.2) is 36.4 Å². The number of rotatable bonds is 4. The van der Waals surface area contributed by atoms with Crippen LogP contribution in [0.4, 0.5) is 0 Å². The van der Waals surface area contributed by atoms with Gasteiger partial charge in [0.25, 0.3) is 0 Å². The third kappa shape index (κ3) is 3.99. The molecule has 0 amide bonds. The Labute approximate surface area is 104 Å². The second-order valence-corrected chi connectivity index (χ2v) is 4.82. The van der Waals surface area contributed by atoms with Crippen LogP contribution < -0.4 is 5.73 Å². The molecule has 1 aromatic carbocycles. The van der Waals surface area contributed by atoms with Gasteiger partial charge in [-0.15, -0.1) is 0 Å². The molecule has 1 aliphatic rings. The lowest BCUT2D eigenvalue weighted by Gasteiger charge is -2.31. The van der Waals surface area contributed by atoms with Gasteiger partial charge in [-0.3, -0.25) is 4.90 Å². The standard InChI is InChI=1S/C15H22N2/c16-12-15-9-5-11-17(13-15)10-4-8-14-6-2-1-3-7-14/h1-4,6-8,15H,5,9-13,16H2. The Morgan fingerprint density at radius 1 is 1.29 bits per heavy atom. The fourth-order valence-corrected chi connectivity index (χ4v) is 2.41. The van der Waals surface area contributed by atoms with Crippen LogP contribution in [-0.2, 0) is 0 Å². The van der Waals surface area contributed by atoms with E-state index in [2.05, 4.69) is 41.3 Å². The minimum atomic E-state index is 0.703. The molecule has 2 rings (SSSR count). The summed E-state index contributed by atoms with van der Waals surface area (Å²) >= 11 is 0. The molecule has 0 bridgehead atoms. The van der Waals surface area contributed by atoms with E-state index in [1.807, 2.05) is 6.07 Å². The highest BCUT2D eigenvalue weighted by atomic mass is 15.1. The number of likely N-dealkylation sites (tertiary alicyclic amines) is 1. The van der Waals surface area contributed by atoms with Gasteiger partial charge in [-0.05, 0) is 37.4 Å². The van der Waals surface area contributed by atoms with Crippen LogP contribution in [0.5, 0.6) is 0 Å². The molecule has 1 aliphatic heterocycles. The topological polar surface area (TPSA) is 29.3 Å². The van der Waals surface area contributed by atoms with Crippen molar-refractivity contribution in [2.45, 2.75) is 12.8 Å². The van der Waals surface area contributed by atoms with Gasteiger partial charge in [0.1, 0.15) is 0 Å². The highest BCUT2D eigenvalue weighted by Gasteiger charge is 2.17. The Morgan fingerprint density at radius 3 is 2.88 bits per heavy atom. The molecular weight excluding hydrogens is 208 g/mol. The van der Waals surface area contributed by atoms with Gasteiger partial charge in [-0.25, -0.2) is 0 Å². The quantitative estimate of drug-likeness (QED) is 0.860. The molecule has 1 fully saturated rings. The number of nitrogens with zero attached hydrogens (tertiary/aromatic N) is 1. The minimum absolute atomic E-state index is 0.703.